The van der Waals surface area contributed by atoms with Gasteiger partial charge in [-0.3, -0.25) is 9.69 Å². The predicted molar refractivity (Wildman–Crippen MR) is 68.9 cm³/mol. The van der Waals surface area contributed by atoms with Crippen LogP contribution in [-0.2, 0) is 4.79 Å². The van der Waals surface area contributed by atoms with Gasteiger partial charge in [0.15, 0.2) is 0 Å². The smallest absolute Gasteiger partial charge is 0.236 e. The molecule has 0 spiro atoms. The van der Waals surface area contributed by atoms with E-state index in [0.29, 0.717) is 6.54 Å². The molecule has 0 N–H and O–H groups in total. The van der Waals surface area contributed by atoms with Gasteiger partial charge in [0.05, 0.1) is 12.6 Å². The third-order valence-corrected chi connectivity index (χ3v) is 3.99. The minimum Gasteiger partial charge on any atom is -0.341 e. The van der Waals surface area contributed by atoms with E-state index in [1.807, 2.05) is 4.90 Å². The van der Waals surface area contributed by atoms with E-state index in [9.17, 15) is 4.79 Å². The number of nitriles is 1. The van der Waals surface area contributed by atoms with Crippen LogP contribution >= 0.6 is 0 Å². The zero-order chi connectivity index (χ0) is 13.0. The molecule has 0 atom stereocenters. The van der Waals surface area contributed by atoms with Crippen molar-refractivity contribution < 1.29 is 4.79 Å². The first-order chi connectivity index (χ1) is 8.69. The molecule has 5 nitrogen and oxygen atoms in total. The lowest BCUT2D eigenvalue weighted by molar-refractivity contribution is -0.134. The number of piperidine rings is 1. The van der Waals surface area contributed by atoms with Gasteiger partial charge in [0.1, 0.15) is 0 Å². The molecule has 2 fully saturated rings. The summed E-state index contributed by atoms with van der Waals surface area (Å²) in [7, 11) is 2.12. The summed E-state index contributed by atoms with van der Waals surface area (Å²) < 4.78 is 0. The van der Waals surface area contributed by atoms with Crippen LogP contribution < -0.4 is 0 Å². The third-order valence-electron chi connectivity index (χ3n) is 3.99. The molecule has 0 aromatic carbocycles. The second-order valence-electron chi connectivity index (χ2n) is 5.36. The maximum atomic E-state index is 12.1. The molecule has 0 aromatic heterocycles. The van der Waals surface area contributed by atoms with Crippen LogP contribution in [0.2, 0.25) is 0 Å². The maximum absolute atomic E-state index is 12.1. The fourth-order valence-electron chi connectivity index (χ4n) is 2.56. The van der Waals surface area contributed by atoms with Gasteiger partial charge in [-0.15, -0.1) is 0 Å². The second-order valence-corrected chi connectivity index (χ2v) is 5.36. The van der Waals surface area contributed by atoms with Crippen LogP contribution in [0, 0.1) is 17.2 Å². The van der Waals surface area contributed by atoms with E-state index in [1.165, 1.54) is 0 Å². The molecule has 2 heterocycles. The molecule has 2 saturated heterocycles. The molecule has 0 aromatic rings. The number of carbonyl (C=O) groups excluding carboxylic acids is 1. The van der Waals surface area contributed by atoms with E-state index in [2.05, 4.69) is 22.9 Å². The molecular formula is C13H22N4O. The van der Waals surface area contributed by atoms with Crippen LogP contribution in [0.5, 0.6) is 0 Å². The van der Waals surface area contributed by atoms with Crippen molar-refractivity contribution >= 4 is 5.91 Å². The van der Waals surface area contributed by atoms with Crippen molar-refractivity contribution in [3.8, 4) is 6.07 Å². The Kier molecular flexibility index (Phi) is 4.56. The number of hydrogen-bond acceptors (Lipinski definition) is 4. The third kappa shape index (κ3) is 3.44. The number of carbonyl (C=O) groups is 1. The highest BCUT2D eigenvalue weighted by molar-refractivity contribution is 5.78. The fourth-order valence-corrected chi connectivity index (χ4v) is 2.56. The average Bonchev–Trinajstić information content (AvgIpc) is 2.41. The van der Waals surface area contributed by atoms with Gasteiger partial charge < -0.3 is 9.80 Å². The van der Waals surface area contributed by atoms with Gasteiger partial charge in [-0.25, -0.2) is 0 Å². The van der Waals surface area contributed by atoms with Gasteiger partial charge in [-0.2, -0.15) is 5.26 Å². The van der Waals surface area contributed by atoms with Gasteiger partial charge in [0, 0.05) is 45.2 Å². The number of amides is 1. The summed E-state index contributed by atoms with van der Waals surface area (Å²) in [5, 5.41) is 8.84. The summed E-state index contributed by atoms with van der Waals surface area (Å²) in [5.74, 6) is 0.383. The maximum Gasteiger partial charge on any atom is 0.236 e. The SMILES string of the molecule is CN1CCN(CC(=O)N2CCC(C#N)CC2)CC1. The van der Waals surface area contributed by atoms with Crippen molar-refractivity contribution in [2.75, 3.05) is 52.9 Å². The Balaban J connectivity index is 1.74. The van der Waals surface area contributed by atoms with Crippen LogP contribution in [0.25, 0.3) is 0 Å². The van der Waals surface area contributed by atoms with Gasteiger partial charge in [0.2, 0.25) is 5.91 Å². The normalized spacial score (nSPS) is 23.9. The zero-order valence-electron chi connectivity index (χ0n) is 11.1. The van der Waals surface area contributed by atoms with Crippen molar-refractivity contribution in [1.29, 1.82) is 5.26 Å². The first-order valence-corrected chi connectivity index (χ1v) is 6.77. The molecule has 1 amide bonds. The van der Waals surface area contributed by atoms with E-state index in [0.717, 1.165) is 52.1 Å². The summed E-state index contributed by atoms with van der Waals surface area (Å²) in [6, 6.07) is 2.30. The monoisotopic (exact) mass is 250 g/mol. The van der Waals surface area contributed by atoms with Gasteiger partial charge in [0.25, 0.3) is 0 Å². The van der Waals surface area contributed by atoms with Crippen molar-refractivity contribution in [1.82, 2.24) is 14.7 Å². The van der Waals surface area contributed by atoms with Gasteiger partial charge in [-0.1, -0.05) is 0 Å². The first kappa shape index (κ1) is 13.3. The standard InChI is InChI=1S/C13H22N4O/c1-15-6-8-16(9-7-15)11-13(18)17-4-2-12(10-14)3-5-17/h12H,2-9,11H2,1H3. The lowest BCUT2D eigenvalue weighted by Gasteiger charge is -2.35. The van der Waals surface area contributed by atoms with Crippen LogP contribution in [0.1, 0.15) is 12.8 Å². The fraction of sp³-hybridized carbons (Fsp3) is 0.846. The highest BCUT2D eigenvalue weighted by Gasteiger charge is 2.24. The van der Waals surface area contributed by atoms with E-state index >= 15 is 0 Å². The lowest BCUT2D eigenvalue weighted by Crippen LogP contribution is -2.50. The molecule has 0 saturated carbocycles. The molecule has 0 radical (unpaired) electrons. The number of rotatable bonds is 2. The molecule has 2 aliphatic heterocycles. The number of nitrogens with zero attached hydrogens (tertiary/aromatic N) is 4. The van der Waals surface area contributed by atoms with Crippen LogP contribution in [0.15, 0.2) is 0 Å². The minimum atomic E-state index is 0.151. The Hall–Kier alpha value is -1.12. The van der Waals surface area contributed by atoms with E-state index in [4.69, 9.17) is 5.26 Å². The van der Waals surface area contributed by atoms with Gasteiger partial charge in [-0.05, 0) is 19.9 Å². The van der Waals surface area contributed by atoms with Crippen LogP contribution in [0.3, 0.4) is 0 Å². The first-order valence-electron chi connectivity index (χ1n) is 6.77. The lowest BCUT2D eigenvalue weighted by atomic mass is 9.98. The molecule has 2 aliphatic rings. The Labute approximate surface area is 109 Å². The van der Waals surface area contributed by atoms with Crippen molar-refractivity contribution in [2.24, 2.45) is 5.92 Å². The van der Waals surface area contributed by atoms with Crippen LogP contribution in [0.4, 0.5) is 0 Å². The number of hydrogen-bond donors (Lipinski definition) is 0. The molecule has 0 unspecified atom stereocenters. The predicted octanol–water partition coefficient (Wildman–Crippen LogP) is -0.00402. The minimum absolute atomic E-state index is 0.151. The molecule has 0 aliphatic carbocycles. The Morgan fingerprint density at radius 3 is 2.33 bits per heavy atom. The van der Waals surface area contributed by atoms with Crippen molar-refractivity contribution in [2.45, 2.75) is 12.8 Å². The molecule has 2 rings (SSSR count). The van der Waals surface area contributed by atoms with Crippen molar-refractivity contribution in [3.63, 3.8) is 0 Å². The number of likely N-dealkylation sites (tertiary alicyclic amines) is 1. The summed E-state index contributed by atoms with van der Waals surface area (Å²) in [4.78, 5) is 18.6. The summed E-state index contributed by atoms with van der Waals surface area (Å²) in [6.45, 7) is 6.11. The Morgan fingerprint density at radius 2 is 1.78 bits per heavy atom. The summed E-state index contributed by atoms with van der Waals surface area (Å²) in [5.41, 5.74) is 0. The zero-order valence-corrected chi connectivity index (χ0v) is 11.1. The Morgan fingerprint density at radius 1 is 1.17 bits per heavy atom. The molecule has 0 bridgehead atoms. The highest BCUT2D eigenvalue weighted by Crippen LogP contribution is 2.16. The topological polar surface area (TPSA) is 50.6 Å². The number of likely N-dealkylation sites (N-methyl/N-ethyl adjacent to an activating group) is 1. The molecular weight excluding hydrogens is 228 g/mol. The highest BCUT2D eigenvalue weighted by atomic mass is 16.2. The Bertz CT molecular complexity index is 322. The number of piperazine rings is 1. The van der Waals surface area contributed by atoms with E-state index in [-0.39, 0.29) is 11.8 Å². The largest absolute Gasteiger partial charge is 0.341 e. The summed E-state index contributed by atoms with van der Waals surface area (Å²) in [6.07, 6.45) is 1.68. The van der Waals surface area contributed by atoms with Crippen LogP contribution in [-0.4, -0.2) is 73.5 Å². The van der Waals surface area contributed by atoms with E-state index in [1.54, 1.807) is 0 Å². The van der Waals surface area contributed by atoms with Gasteiger partial charge >= 0.3 is 0 Å². The summed E-state index contributed by atoms with van der Waals surface area (Å²) >= 11 is 0. The average molecular weight is 250 g/mol. The second kappa shape index (κ2) is 6.17. The van der Waals surface area contributed by atoms with E-state index < -0.39 is 0 Å². The quantitative estimate of drug-likeness (QED) is 0.692. The molecule has 100 valence electrons. The van der Waals surface area contributed by atoms with Crippen molar-refractivity contribution in [3.05, 3.63) is 0 Å². The molecule has 5 heteroatoms. The molecule has 18 heavy (non-hydrogen) atoms.